The van der Waals surface area contributed by atoms with Crippen LogP contribution in [0.1, 0.15) is 22.3 Å². The molecule has 0 bridgehead atoms. The molecule has 122 valence electrons. The standard InChI is InChI=1S/C19H16O4S/c20-16-11-19(22)24-18(16)10-13-6-8-15(9-7-13)23-12-17(21)14-4-2-1-3-5-14/h1-9,18H,10-12H2. The predicted molar refractivity (Wildman–Crippen MR) is 92.4 cm³/mol. The highest BCUT2D eigenvalue weighted by Crippen LogP contribution is 2.28. The third kappa shape index (κ3) is 4.11. The van der Waals surface area contributed by atoms with Gasteiger partial charge in [0.2, 0.25) is 0 Å². The fraction of sp³-hybridized carbons (Fsp3) is 0.211. The van der Waals surface area contributed by atoms with Gasteiger partial charge in [-0.3, -0.25) is 14.4 Å². The molecule has 0 saturated carbocycles. The van der Waals surface area contributed by atoms with E-state index in [2.05, 4.69) is 0 Å². The van der Waals surface area contributed by atoms with E-state index in [4.69, 9.17) is 4.74 Å². The van der Waals surface area contributed by atoms with Crippen LogP contribution in [0.4, 0.5) is 0 Å². The Balaban J connectivity index is 1.54. The maximum atomic E-state index is 12.0. The molecule has 0 aromatic heterocycles. The van der Waals surface area contributed by atoms with Crippen LogP contribution in [0.25, 0.3) is 0 Å². The molecule has 0 N–H and O–H groups in total. The lowest BCUT2D eigenvalue weighted by atomic mass is 10.1. The SMILES string of the molecule is O=C1CC(=O)C(Cc2ccc(OCC(=O)c3ccccc3)cc2)S1. The summed E-state index contributed by atoms with van der Waals surface area (Å²) < 4.78 is 5.51. The quantitative estimate of drug-likeness (QED) is 0.597. The van der Waals surface area contributed by atoms with Crippen molar-refractivity contribution in [1.82, 2.24) is 0 Å². The summed E-state index contributed by atoms with van der Waals surface area (Å²) in [6, 6.07) is 16.3. The van der Waals surface area contributed by atoms with Crippen LogP contribution in [0.3, 0.4) is 0 Å². The molecule has 0 spiro atoms. The van der Waals surface area contributed by atoms with Gasteiger partial charge in [-0.25, -0.2) is 0 Å². The van der Waals surface area contributed by atoms with Gasteiger partial charge in [-0.1, -0.05) is 54.2 Å². The topological polar surface area (TPSA) is 60.4 Å². The molecule has 1 saturated heterocycles. The van der Waals surface area contributed by atoms with Gasteiger partial charge >= 0.3 is 0 Å². The Hall–Kier alpha value is -2.40. The number of thioether (sulfide) groups is 1. The number of Topliss-reactive ketones (excluding diaryl/α,β-unsaturated/α-hetero) is 2. The third-order valence-electron chi connectivity index (χ3n) is 3.76. The number of hydrogen-bond acceptors (Lipinski definition) is 5. The van der Waals surface area contributed by atoms with Crippen molar-refractivity contribution in [2.45, 2.75) is 18.1 Å². The summed E-state index contributed by atoms with van der Waals surface area (Å²) in [6.07, 6.45) is 0.580. The van der Waals surface area contributed by atoms with Crippen molar-refractivity contribution in [1.29, 1.82) is 0 Å². The minimum atomic E-state index is -0.274. The Bertz CT molecular complexity index is 753. The molecule has 1 aliphatic rings. The van der Waals surface area contributed by atoms with Crippen molar-refractivity contribution >= 4 is 28.4 Å². The van der Waals surface area contributed by atoms with Crippen molar-refractivity contribution in [2.75, 3.05) is 6.61 Å². The second-order valence-electron chi connectivity index (χ2n) is 5.55. The zero-order valence-corrected chi connectivity index (χ0v) is 13.8. The zero-order chi connectivity index (χ0) is 16.9. The van der Waals surface area contributed by atoms with Crippen LogP contribution in [-0.4, -0.2) is 28.5 Å². The Labute approximate surface area is 144 Å². The number of carbonyl (C=O) groups is 3. The Morgan fingerprint density at radius 3 is 2.38 bits per heavy atom. The molecule has 0 amide bonds. The summed E-state index contributed by atoms with van der Waals surface area (Å²) in [6.45, 7) is -0.0190. The van der Waals surface area contributed by atoms with Crippen LogP contribution in [0.5, 0.6) is 5.75 Å². The average molecular weight is 340 g/mol. The molecule has 5 heteroatoms. The van der Waals surface area contributed by atoms with E-state index in [1.807, 2.05) is 30.3 Å². The highest BCUT2D eigenvalue weighted by molar-refractivity contribution is 8.15. The minimum absolute atomic E-state index is 0.00113. The molecule has 1 aliphatic heterocycles. The summed E-state index contributed by atoms with van der Waals surface area (Å²) in [7, 11) is 0. The van der Waals surface area contributed by atoms with Gasteiger partial charge in [-0.2, -0.15) is 0 Å². The van der Waals surface area contributed by atoms with Crippen molar-refractivity contribution in [3.8, 4) is 5.75 Å². The van der Waals surface area contributed by atoms with E-state index in [1.165, 1.54) is 0 Å². The van der Waals surface area contributed by atoms with E-state index >= 15 is 0 Å². The van der Waals surface area contributed by atoms with Gasteiger partial charge in [-0.05, 0) is 24.1 Å². The maximum Gasteiger partial charge on any atom is 0.200 e. The van der Waals surface area contributed by atoms with Gasteiger partial charge in [0.25, 0.3) is 0 Å². The molecule has 3 rings (SSSR count). The molecular formula is C19H16O4S. The number of rotatable bonds is 6. The molecule has 4 nitrogen and oxygen atoms in total. The lowest BCUT2D eigenvalue weighted by Gasteiger charge is -2.09. The summed E-state index contributed by atoms with van der Waals surface area (Å²) in [5.41, 5.74) is 1.59. The Morgan fingerprint density at radius 1 is 1.04 bits per heavy atom. The van der Waals surface area contributed by atoms with Gasteiger partial charge in [0, 0.05) is 5.56 Å². The van der Waals surface area contributed by atoms with E-state index in [-0.39, 0.29) is 35.0 Å². The number of ketones is 2. The molecule has 2 aromatic rings. The van der Waals surface area contributed by atoms with E-state index in [0.717, 1.165) is 17.3 Å². The van der Waals surface area contributed by atoms with Gasteiger partial charge in [0.1, 0.15) is 5.75 Å². The van der Waals surface area contributed by atoms with Crippen LogP contribution in [0, 0.1) is 0 Å². The largest absolute Gasteiger partial charge is 0.485 e. The van der Waals surface area contributed by atoms with Crippen LogP contribution < -0.4 is 4.74 Å². The van der Waals surface area contributed by atoms with E-state index < -0.39 is 0 Å². The van der Waals surface area contributed by atoms with Crippen molar-refractivity contribution in [3.63, 3.8) is 0 Å². The maximum absolute atomic E-state index is 12.0. The van der Waals surface area contributed by atoms with E-state index in [0.29, 0.717) is 17.7 Å². The van der Waals surface area contributed by atoms with Gasteiger partial charge in [0.05, 0.1) is 11.7 Å². The normalized spacial score (nSPS) is 17.1. The van der Waals surface area contributed by atoms with Crippen molar-refractivity contribution in [3.05, 3.63) is 65.7 Å². The molecule has 0 radical (unpaired) electrons. The number of ether oxygens (including phenoxy) is 1. The first-order chi connectivity index (χ1) is 11.6. The fourth-order valence-electron chi connectivity index (χ4n) is 2.47. The van der Waals surface area contributed by atoms with Crippen molar-refractivity contribution < 1.29 is 19.1 Å². The monoisotopic (exact) mass is 340 g/mol. The van der Waals surface area contributed by atoms with E-state index in [1.54, 1.807) is 24.3 Å². The van der Waals surface area contributed by atoms with Crippen LogP contribution in [0.15, 0.2) is 54.6 Å². The second kappa shape index (κ2) is 7.45. The summed E-state index contributed by atoms with van der Waals surface area (Å²) in [5.74, 6) is 0.523. The number of carbonyl (C=O) groups excluding carboxylic acids is 3. The second-order valence-corrected chi connectivity index (χ2v) is 6.81. The minimum Gasteiger partial charge on any atom is -0.485 e. The fourth-order valence-corrected chi connectivity index (χ4v) is 3.50. The average Bonchev–Trinajstić information content (AvgIpc) is 2.92. The molecule has 1 fully saturated rings. The number of benzene rings is 2. The summed E-state index contributed by atoms with van der Waals surface area (Å²) >= 11 is 1.12. The van der Waals surface area contributed by atoms with Crippen LogP contribution in [-0.2, 0) is 16.0 Å². The first-order valence-corrected chi connectivity index (χ1v) is 8.52. The van der Waals surface area contributed by atoms with Crippen LogP contribution in [0.2, 0.25) is 0 Å². The molecule has 2 aromatic carbocycles. The molecule has 1 heterocycles. The highest BCUT2D eigenvalue weighted by Gasteiger charge is 2.31. The molecule has 24 heavy (non-hydrogen) atoms. The molecular weight excluding hydrogens is 324 g/mol. The van der Waals surface area contributed by atoms with E-state index in [9.17, 15) is 14.4 Å². The number of hydrogen-bond donors (Lipinski definition) is 0. The first-order valence-electron chi connectivity index (χ1n) is 7.64. The molecule has 1 unspecified atom stereocenters. The predicted octanol–water partition coefficient (Wildman–Crippen LogP) is 3.09. The van der Waals surface area contributed by atoms with Gasteiger partial charge in [-0.15, -0.1) is 0 Å². The molecule has 0 aliphatic carbocycles. The summed E-state index contributed by atoms with van der Waals surface area (Å²) in [4.78, 5) is 34.9. The summed E-state index contributed by atoms with van der Waals surface area (Å²) in [5, 5.41) is -0.326. The Morgan fingerprint density at radius 2 is 1.75 bits per heavy atom. The van der Waals surface area contributed by atoms with Gasteiger partial charge < -0.3 is 4.74 Å². The third-order valence-corrected chi connectivity index (χ3v) is 4.88. The van der Waals surface area contributed by atoms with Gasteiger partial charge in [0.15, 0.2) is 23.3 Å². The Kier molecular flexibility index (Phi) is 5.11. The van der Waals surface area contributed by atoms with Crippen LogP contribution >= 0.6 is 11.8 Å². The molecule has 1 atom stereocenters. The smallest absolute Gasteiger partial charge is 0.200 e. The lowest BCUT2D eigenvalue weighted by Crippen LogP contribution is -2.13. The zero-order valence-electron chi connectivity index (χ0n) is 12.9. The first kappa shape index (κ1) is 16.5. The van der Waals surface area contributed by atoms with Crippen molar-refractivity contribution in [2.24, 2.45) is 0 Å². The highest BCUT2D eigenvalue weighted by atomic mass is 32.2. The lowest BCUT2D eigenvalue weighted by molar-refractivity contribution is -0.121.